The van der Waals surface area contributed by atoms with Gasteiger partial charge in [-0.1, -0.05) is 26.0 Å². The van der Waals surface area contributed by atoms with Gasteiger partial charge in [0, 0.05) is 5.69 Å². The van der Waals surface area contributed by atoms with Crippen LogP contribution >= 0.6 is 0 Å². The number of carbonyl (C=O) groups is 1. The first-order valence-electron chi connectivity index (χ1n) is 7.91. The van der Waals surface area contributed by atoms with E-state index in [1.165, 1.54) is 10.2 Å². The van der Waals surface area contributed by atoms with Crippen LogP contribution in [0.2, 0.25) is 0 Å². The highest BCUT2D eigenvalue weighted by atomic mass is 16.6. The number of nitrogens with zero attached hydrogens (tertiary/aromatic N) is 3. The van der Waals surface area contributed by atoms with E-state index in [1.54, 1.807) is 20.8 Å². The van der Waals surface area contributed by atoms with Crippen LogP contribution in [0.5, 0.6) is 0 Å². The largest absolute Gasteiger partial charge is 0.326 e. The Kier molecular flexibility index (Phi) is 5.33. The van der Waals surface area contributed by atoms with E-state index in [0.717, 1.165) is 12.1 Å². The number of aryl methyl sites for hydroxylation is 2. The van der Waals surface area contributed by atoms with Crippen LogP contribution in [0.1, 0.15) is 30.8 Å². The van der Waals surface area contributed by atoms with Gasteiger partial charge in [-0.2, -0.15) is 5.10 Å². The van der Waals surface area contributed by atoms with Crippen molar-refractivity contribution >= 4 is 17.3 Å². The van der Waals surface area contributed by atoms with Gasteiger partial charge in [-0.05, 0) is 38.0 Å². The minimum atomic E-state index is -0.436. The molecular formula is C17H22N4O3. The van der Waals surface area contributed by atoms with Gasteiger partial charge in [0.2, 0.25) is 5.91 Å². The average molecular weight is 330 g/mol. The lowest BCUT2D eigenvalue weighted by Gasteiger charge is -2.13. The molecule has 24 heavy (non-hydrogen) atoms. The van der Waals surface area contributed by atoms with E-state index >= 15 is 0 Å². The minimum Gasteiger partial charge on any atom is -0.326 e. The van der Waals surface area contributed by atoms with Crippen LogP contribution in [0.25, 0.3) is 0 Å². The number of aromatic nitrogens is 2. The summed E-state index contributed by atoms with van der Waals surface area (Å²) in [6, 6.07) is 7.70. The summed E-state index contributed by atoms with van der Waals surface area (Å²) in [4.78, 5) is 22.9. The van der Waals surface area contributed by atoms with Crippen molar-refractivity contribution in [3.63, 3.8) is 0 Å². The van der Waals surface area contributed by atoms with Gasteiger partial charge in [0.25, 0.3) is 0 Å². The van der Waals surface area contributed by atoms with Crippen molar-refractivity contribution in [3.8, 4) is 0 Å². The molecule has 7 heteroatoms. The summed E-state index contributed by atoms with van der Waals surface area (Å²) >= 11 is 0. The smallest absolute Gasteiger partial charge is 0.312 e. The van der Waals surface area contributed by atoms with Gasteiger partial charge in [-0.15, -0.1) is 0 Å². The van der Waals surface area contributed by atoms with Crippen LogP contribution in [0.3, 0.4) is 0 Å². The lowest BCUT2D eigenvalue weighted by molar-refractivity contribution is -0.386. The number of hydrogen-bond acceptors (Lipinski definition) is 4. The first-order chi connectivity index (χ1) is 11.3. The quantitative estimate of drug-likeness (QED) is 0.650. The summed E-state index contributed by atoms with van der Waals surface area (Å²) in [6.45, 7) is 7.38. The monoisotopic (exact) mass is 330 g/mol. The standard InChI is InChI=1S/C17H22N4O3/c1-5-14-6-8-15(9-7-14)18-17(22)11(2)10-20-13(4)16(21(23)24)12(3)19-20/h6-9,11H,5,10H2,1-4H3,(H,18,22). The maximum Gasteiger partial charge on any atom is 0.312 e. The molecule has 0 bridgehead atoms. The van der Waals surface area contributed by atoms with E-state index in [4.69, 9.17) is 0 Å². The predicted octanol–water partition coefficient (Wildman–Crippen LogP) is 3.25. The summed E-state index contributed by atoms with van der Waals surface area (Å²) in [5, 5.41) is 18.1. The Bertz CT molecular complexity index is 750. The number of amides is 1. The third kappa shape index (κ3) is 3.79. The van der Waals surface area contributed by atoms with E-state index in [-0.39, 0.29) is 17.5 Å². The molecule has 128 valence electrons. The van der Waals surface area contributed by atoms with Gasteiger partial charge in [-0.25, -0.2) is 0 Å². The number of hydrogen-bond donors (Lipinski definition) is 1. The molecule has 1 atom stereocenters. The molecule has 1 heterocycles. The second-order valence-corrected chi connectivity index (χ2v) is 5.90. The molecule has 2 aromatic rings. The SMILES string of the molecule is CCc1ccc(NC(=O)C(C)Cn2nc(C)c([N+](=O)[O-])c2C)cc1. The zero-order valence-corrected chi connectivity index (χ0v) is 14.4. The van der Waals surface area contributed by atoms with Crippen LogP contribution in [0.15, 0.2) is 24.3 Å². The molecule has 1 aromatic carbocycles. The molecule has 1 N–H and O–H groups in total. The molecule has 0 radical (unpaired) electrons. The Labute approximate surface area is 140 Å². The summed E-state index contributed by atoms with van der Waals surface area (Å²) in [6.07, 6.45) is 0.946. The fourth-order valence-corrected chi connectivity index (χ4v) is 2.56. The summed E-state index contributed by atoms with van der Waals surface area (Å²) in [5.41, 5.74) is 2.78. The number of nitrogens with one attached hydrogen (secondary N) is 1. The third-order valence-electron chi connectivity index (χ3n) is 4.05. The van der Waals surface area contributed by atoms with Crippen molar-refractivity contribution in [2.45, 2.75) is 40.7 Å². The van der Waals surface area contributed by atoms with Crippen LogP contribution < -0.4 is 5.32 Å². The van der Waals surface area contributed by atoms with Crippen molar-refractivity contribution in [3.05, 3.63) is 51.3 Å². The fraction of sp³-hybridized carbons (Fsp3) is 0.412. The Morgan fingerprint density at radius 1 is 1.33 bits per heavy atom. The Balaban J connectivity index is 2.06. The molecule has 0 aliphatic carbocycles. The van der Waals surface area contributed by atoms with Crippen molar-refractivity contribution in [1.82, 2.24) is 9.78 Å². The van der Waals surface area contributed by atoms with Crippen molar-refractivity contribution in [2.24, 2.45) is 5.92 Å². The van der Waals surface area contributed by atoms with Crippen molar-refractivity contribution in [2.75, 3.05) is 5.32 Å². The molecule has 0 saturated carbocycles. The molecule has 0 fully saturated rings. The van der Waals surface area contributed by atoms with Gasteiger partial charge < -0.3 is 5.32 Å². The molecule has 1 unspecified atom stereocenters. The highest BCUT2D eigenvalue weighted by Crippen LogP contribution is 2.22. The molecule has 0 aliphatic heterocycles. The second-order valence-electron chi connectivity index (χ2n) is 5.90. The number of anilines is 1. The first-order valence-corrected chi connectivity index (χ1v) is 7.91. The van der Waals surface area contributed by atoms with Gasteiger partial charge >= 0.3 is 5.69 Å². The van der Waals surface area contributed by atoms with Gasteiger partial charge in [0.15, 0.2) is 0 Å². The highest BCUT2D eigenvalue weighted by molar-refractivity contribution is 5.92. The van der Waals surface area contributed by atoms with Crippen molar-refractivity contribution < 1.29 is 9.72 Å². The van der Waals surface area contributed by atoms with Gasteiger partial charge in [-0.3, -0.25) is 19.6 Å². The summed E-state index contributed by atoms with van der Waals surface area (Å²) in [5.74, 6) is -0.511. The zero-order chi connectivity index (χ0) is 17.9. The highest BCUT2D eigenvalue weighted by Gasteiger charge is 2.24. The number of carbonyl (C=O) groups excluding carboxylic acids is 1. The van der Waals surface area contributed by atoms with Crippen LogP contribution in [-0.2, 0) is 17.8 Å². The number of benzene rings is 1. The normalized spacial score (nSPS) is 12.0. The lowest BCUT2D eigenvalue weighted by Crippen LogP contribution is -2.25. The molecule has 1 aromatic heterocycles. The van der Waals surface area contributed by atoms with E-state index in [0.29, 0.717) is 17.9 Å². The van der Waals surface area contributed by atoms with E-state index in [2.05, 4.69) is 17.3 Å². The first kappa shape index (κ1) is 17.7. The maximum atomic E-state index is 12.3. The van der Waals surface area contributed by atoms with Crippen LogP contribution in [0, 0.1) is 29.9 Å². The topological polar surface area (TPSA) is 90.1 Å². The Morgan fingerprint density at radius 2 is 1.96 bits per heavy atom. The molecular weight excluding hydrogens is 308 g/mol. The predicted molar refractivity (Wildman–Crippen MR) is 92.0 cm³/mol. The molecule has 0 spiro atoms. The number of rotatable bonds is 6. The Morgan fingerprint density at radius 3 is 2.46 bits per heavy atom. The van der Waals surface area contributed by atoms with Crippen LogP contribution in [-0.4, -0.2) is 20.6 Å². The Hall–Kier alpha value is -2.70. The molecule has 7 nitrogen and oxygen atoms in total. The van der Waals surface area contributed by atoms with Crippen LogP contribution in [0.4, 0.5) is 11.4 Å². The summed E-state index contributed by atoms with van der Waals surface area (Å²) < 4.78 is 1.53. The van der Waals surface area contributed by atoms with Crippen molar-refractivity contribution in [1.29, 1.82) is 0 Å². The average Bonchev–Trinajstić information content (AvgIpc) is 2.81. The number of nitro groups is 1. The van der Waals surface area contributed by atoms with E-state index < -0.39 is 4.92 Å². The maximum absolute atomic E-state index is 12.3. The van der Waals surface area contributed by atoms with Gasteiger partial charge in [0.1, 0.15) is 11.4 Å². The fourth-order valence-electron chi connectivity index (χ4n) is 2.56. The molecule has 0 aliphatic rings. The zero-order valence-electron chi connectivity index (χ0n) is 14.4. The molecule has 1 amide bonds. The van der Waals surface area contributed by atoms with E-state index in [1.807, 2.05) is 24.3 Å². The molecule has 0 saturated heterocycles. The minimum absolute atomic E-state index is 0.0118. The lowest BCUT2D eigenvalue weighted by atomic mass is 10.1. The summed E-state index contributed by atoms with van der Waals surface area (Å²) in [7, 11) is 0. The molecule has 2 rings (SSSR count). The third-order valence-corrected chi connectivity index (χ3v) is 4.05. The second kappa shape index (κ2) is 7.25. The van der Waals surface area contributed by atoms with E-state index in [9.17, 15) is 14.9 Å². The van der Waals surface area contributed by atoms with Gasteiger partial charge in [0.05, 0.1) is 17.4 Å².